The molecular formula is C20H33NO2. The number of hydrogen-bond donors (Lipinski definition) is 1. The van der Waals surface area contributed by atoms with E-state index in [1.807, 2.05) is 26.0 Å². The minimum atomic E-state index is 0.180. The molecule has 1 amide bonds. The molecule has 1 rings (SSSR count). The minimum Gasteiger partial charge on any atom is -0.491 e. The number of nitrogens with one attached hydrogen (secondary N) is 1. The van der Waals surface area contributed by atoms with Gasteiger partial charge in [-0.05, 0) is 57.2 Å². The zero-order valence-corrected chi connectivity index (χ0v) is 15.4. The van der Waals surface area contributed by atoms with Crippen LogP contribution < -0.4 is 10.1 Å². The Kier molecular flexibility index (Phi) is 8.75. The Morgan fingerprint density at radius 1 is 1.09 bits per heavy atom. The van der Waals surface area contributed by atoms with Crippen LogP contribution in [0, 0.1) is 5.92 Å². The van der Waals surface area contributed by atoms with E-state index in [2.05, 4.69) is 38.2 Å². The van der Waals surface area contributed by atoms with Crippen LogP contribution in [0.4, 0.5) is 0 Å². The van der Waals surface area contributed by atoms with Gasteiger partial charge < -0.3 is 10.1 Å². The van der Waals surface area contributed by atoms with Crippen molar-refractivity contribution >= 4 is 5.91 Å². The van der Waals surface area contributed by atoms with Gasteiger partial charge in [0.1, 0.15) is 5.75 Å². The van der Waals surface area contributed by atoms with Gasteiger partial charge in [0.25, 0.3) is 0 Å². The number of rotatable bonds is 10. The van der Waals surface area contributed by atoms with Crippen molar-refractivity contribution in [3.63, 3.8) is 0 Å². The lowest BCUT2D eigenvalue weighted by molar-refractivity contribution is -0.122. The topological polar surface area (TPSA) is 38.3 Å². The normalized spacial score (nSPS) is 13.7. The van der Waals surface area contributed by atoms with Crippen LogP contribution in [0.1, 0.15) is 65.9 Å². The van der Waals surface area contributed by atoms with E-state index in [1.54, 1.807) is 0 Å². The SMILES string of the molecule is CCCC(C)CC(=O)NC(C)CCc1ccc(OC(C)C)cc1. The van der Waals surface area contributed by atoms with Crippen LogP contribution in [0.3, 0.4) is 0 Å². The molecule has 0 radical (unpaired) electrons. The predicted molar refractivity (Wildman–Crippen MR) is 96.8 cm³/mol. The molecule has 1 aromatic carbocycles. The Morgan fingerprint density at radius 3 is 2.30 bits per heavy atom. The maximum absolute atomic E-state index is 12.0. The van der Waals surface area contributed by atoms with Crippen LogP contribution in [0.25, 0.3) is 0 Å². The van der Waals surface area contributed by atoms with Gasteiger partial charge in [-0.15, -0.1) is 0 Å². The van der Waals surface area contributed by atoms with Crippen LogP contribution in [0.5, 0.6) is 5.75 Å². The molecule has 0 heterocycles. The molecule has 0 fully saturated rings. The number of amides is 1. The fourth-order valence-electron chi connectivity index (χ4n) is 2.71. The van der Waals surface area contributed by atoms with Crippen molar-refractivity contribution in [2.45, 2.75) is 78.9 Å². The summed E-state index contributed by atoms with van der Waals surface area (Å²) in [5.41, 5.74) is 1.28. The quantitative estimate of drug-likeness (QED) is 0.676. The van der Waals surface area contributed by atoms with Crippen LogP contribution in [-0.4, -0.2) is 18.1 Å². The first kappa shape index (κ1) is 19.5. The van der Waals surface area contributed by atoms with Crippen molar-refractivity contribution in [1.29, 1.82) is 0 Å². The Labute approximate surface area is 141 Å². The third kappa shape index (κ3) is 8.63. The Morgan fingerprint density at radius 2 is 1.74 bits per heavy atom. The van der Waals surface area contributed by atoms with E-state index in [1.165, 1.54) is 5.56 Å². The lowest BCUT2D eigenvalue weighted by atomic mass is 10.0. The summed E-state index contributed by atoms with van der Waals surface area (Å²) in [4.78, 5) is 12.0. The van der Waals surface area contributed by atoms with Crippen molar-refractivity contribution in [2.75, 3.05) is 0 Å². The number of carbonyl (C=O) groups excluding carboxylic acids is 1. The lowest BCUT2D eigenvalue weighted by Gasteiger charge is -2.16. The third-order valence-electron chi connectivity index (χ3n) is 3.88. The van der Waals surface area contributed by atoms with Crippen LogP contribution in [0.15, 0.2) is 24.3 Å². The molecule has 130 valence electrons. The van der Waals surface area contributed by atoms with Crippen LogP contribution >= 0.6 is 0 Å². The minimum absolute atomic E-state index is 0.180. The highest BCUT2D eigenvalue weighted by atomic mass is 16.5. The summed E-state index contributed by atoms with van der Waals surface area (Å²) in [6, 6.07) is 8.46. The fourth-order valence-corrected chi connectivity index (χ4v) is 2.71. The second-order valence-corrected chi connectivity index (χ2v) is 6.92. The molecule has 1 aromatic rings. The highest BCUT2D eigenvalue weighted by molar-refractivity contribution is 5.76. The van der Waals surface area contributed by atoms with Gasteiger partial charge in [0.15, 0.2) is 0 Å². The van der Waals surface area contributed by atoms with Gasteiger partial charge in [-0.25, -0.2) is 0 Å². The molecule has 2 unspecified atom stereocenters. The first-order chi connectivity index (χ1) is 10.9. The van der Waals surface area contributed by atoms with E-state index in [0.29, 0.717) is 12.3 Å². The summed E-state index contributed by atoms with van der Waals surface area (Å²) in [5.74, 6) is 1.56. The first-order valence-electron chi connectivity index (χ1n) is 8.95. The van der Waals surface area contributed by atoms with E-state index < -0.39 is 0 Å². The molecule has 0 aliphatic carbocycles. The Bertz CT molecular complexity index is 453. The van der Waals surface area contributed by atoms with Crippen molar-refractivity contribution < 1.29 is 9.53 Å². The van der Waals surface area contributed by atoms with Crippen molar-refractivity contribution in [3.05, 3.63) is 29.8 Å². The van der Waals surface area contributed by atoms with Crippen LogP contribution in [-0.2, 0) is 11.2 Å². The maximum Gasteiger partial charge on any atom is 0.220 e. The molecular weight excluding hydrogens is 286 g/mol. The molecule has 23 heavy (non-hydrogen) atoms. The van der Waals surface area contributed by atoms with E-state index in [4.69, 9.17) is 4.74 Å². The van der Waals surface area contributed by atoms with Crippen molar-refractivity contribution in [1.82, 2.24) is 5.32 Å². The van der Waals surface area contributed by atoms with Gasteiger partial charge >= 0.3 is 0 Å². The average Bonchev–Trinajstić information content (AvgIpc) is 2.46. The second kappa shape index (κ2) is 10.3. The molecule has 3 nitrogen and oxygen atoms in total. The largest absolute Gasteiger partial charge is 0.491 e. The summed E-state index contributed by atoms with van der Waals surface area (Å²) in [6.45, 7) is 10.4. The fraction of sp³-hybridized carbons (Fsp3) is 0.650. The number of carbonyl (C=O) groups is 1. The first-order valence-corrected chi connectivity index (χ1v) is 8.95. The molecule has 3 heteroatoms. The number of aryl methyl sites for hydroxylation is 1. The van der Waals surface area contributed by atoms with E-state index >= 15 is 0 Å². The number of hydrogen-bond acceptors (Lipinski definition) is 2. The number of benzene rings is 1. The average molecular weight is 319 g/mol. The zero-order valence-electron chi connectivity index (χ0n) is 15.4. The summed E-state index contributed by atoms with van der Waals surface area (Å²) in [5, 5.41) is 3.11. The summed E-state index contributed by atoms with van der Waals surface area (Å²) < 4.78 is 5.65. The van der Waals surface area contributed by atoms with Crippen LogP contribution in [0.2, 0.25) is 0 Å². The molecule has 0 aliphatic heterocycles. The van der Waals surface area contributed by atoms with Crippen molar-refractivity contribution in [2.24, 2.45) is 5.92 Å². The third-order valence-corrected chi connectivity index (χ3v) is 3.88. The molecule has 1 N–H and O–H groups in total. The monoisotopic (exact) mass is 319 g/mol. The molecule has 0 aromatic heterocycles. The molecule has 0 saturated carbocycles. The smallest absolute Gasteiger partial charge is 0.220 e. The highest BCUT2D eigenvalue weighted by Gasteiger charge is 2.11. The van der Waals surface area contributed by atoms with Gasteiger partial charge in [0, 0.05) is 12.5 Å². The second-order valence-electron chi connectivity index (χ2n) is 6.92. The summed E-state index contributed by atoms with van der Waals surface area (Å²) in [7, 11) is 0. The zero-order chi connectivity index (χ0) is 17.2. The predicted octanol–water partition coefficient (Wildman–Crippen LogP) is 4.74. The van der Waals surface area contributed by atoms with Gasteiger partial charge in [0.2, 0.25) is 5.91 Å². The Balaban J connectivity index is 2.32. The van der Waals surface area contributed by atoms with E-state index in [-0.39, 0.29) is 18.1 Å². The number of ether oxygens (including phenoxy) is 1. The van der Waals surface area contributed by atoms with Gasteiger partial charge in [-0.3, -0.25) is 4.79 Å². The van der Waals surface area contributed by atoms with E-state index in [0.717, 1.165) is 31.4 Å². The summed E-state index contributed by atoms with van der Waals surface area (Å²) in [6.07, 6.45) is 5.02. The Hall–Kier alpha value is -1.51. The molecule has 0 saturated heterocycles. The van der Waals surface area contributed by atoms with Gasteiger partial charge in [-0.2, -0.15) is 0 Å². The van der Waals surface area contributed by atoms with E-state index in [9.17, 15) is 4.79 Å². The molecule has 0 bridgehead atoms. The molecule has 2 atom stereocenters. The highest BCUT2D eigenvalue weighted by Crippen LogP contribution is 2.15. The lowest BCUT2D eigenvalue weighted by Crippen LogP contribution is -2.33. The standard InChI is InChI=1S/C20H33NO2/c1-6-7-16(4)14-20(22)21-17(5)8-9-18-10-12-19(13-11-18)23-15(2)3/h10-13,15-17H,6-9,14H2,1-5H3,(H,21,22). The van der Waals surface area contributed by atoms with Crippen molar-refractivity contribution in [3.8, 4) is 5.75 Å². The molecule has 0 spiro atoms. The van der Waals surface area contributed by atoms with Gasteiger partial charge in [-0.1, -0.05) is 38.8 Å². The van der Waals surface area contributed by atoms with Gasteiger partial charge in [0.05, 0.1) is 6.10 Å². The maximum atomic E-state index is 12.0. The molecule has 0 aliphatic rings. The summed E-state index contributed by atoms with van der Waals surface area (Å²) >= 11 is 0.